The molecular weight excluding hydrogens is 412 g/mol. The van der Waals surface area contributed by atoms with Crippen LogP contribution in [0.5, 0.6) is 0 Å². The van der Waals surface area contributed by atoms with Gasteiger partial charge < -0.3 is 10.2 Å². The predicted molar refractivity (Wildman–Crippen MR) is 113 cm³/mol. The van der Waals surface area contributed by atoms with E-state index >= 15 is 0 Å². The van der Waals surface area contributed by atoms with Gasteiger partial charge in [-0.25, -0.2) is 17.2 Å². The summed E-state index contributed by atoms with van der Waals surface area (Å²) in [5, 5.41) is 2.65. The van der Waals surface area contributed by atoms with Gasteiger partial charge in [-0.15, -0.1) is 0 Å². The first-order valence-electron chi connectivity index (χ1n) is 9.77. The Morgan fingerprint density at radius 2 is 1.73 bits per heavy atom. The van der Waals surface area contributed by atoms with Gasteiger partial charge in [0.15, 0.2) is 0 Å². The maximum atomic E-state index is 14.0. The van der Waals surface area contributed by atoms with Crippen LogP contribution in [0.1, 0.15) is 24.8 Å². The van der Waals surface area contributed by atoms with Crippen molar-refractivity contribution in [2.75, 3.05) is 35.1 Å². The Morgan fingerprint density at radius 3 is 2.33 bits per heavy atom. The van der Waals surface area contributed by atoms with Gasteiger partial charge in [-0.05, 0) is 49.1 Å². The first-order chi connectivity index (χ1) is 14.2. The highest BCUT2D eigenvalue weighted by Crippen LogP contribution is 2.23. The van der Waals surface area contributed by atoms with Crippen LogP contribution >= 0.6 is 0 Å². The fraction of sp³-hybridized carbons (Fsp3) is 0.381. The molecule has 0 aromatic heterocycles. The summed E-state index contributed by atoms with van der Waals surface area (Å²) in [7, 11) is -3.94. The molecular formula is C21H25F2N3O3S. The molecule has 2 aromatic rings. The molecule has 0 spiro atoms. The normalized spacial score (nSPS) is 14.4. The molecule has 0 unspecified atom stereocenters. The van der Waals surface area contributed by atoms with Gasteiger partial charge in [0, 0.05) is 31.4 Å². The predicted octanol–water partition coefficient (Wildman–Crippen LogP) is 3.04. The molecule has 3 rings (SSSR count). The third-order valence-corrected chi connectivity index (χ3v) is 6.14. The molecule has 162 valence electrons. The number of rotatable bonds is 7. The van der Waals surface area contributed by atoms with Crippen molar-refractivity contribution in [1.29, 1.82) is 0 Å². The average molecular weight is 438 g/mol. The molecule has 0 atom stereocenters. The number of carbonyl (C=O) groups is 1. The molecule has 1 heterocycles. The summed E-state index contributed by atoms with van der Waals surface area (Å²) in [5.41, 5.74) is 1.63. The smallest absolute Gasteiger partial charge is 0.241 e. The van der Waals surface area contributed by atoms with E-state index in [1.807, 2.05) is 24.3 Å². The number of hydrogen-bond donors (Lipinski definition) is 1. The van der Waals surface area contributed by atoms with Crippen molar-refractivity contribution in [3.05, 3.63) is 59.7 Å². The summed E-state index contributed by atoms with van der Waals surface area (Å²) in [4.78, 5) is 14.6. The third-order valence-electron chi connectivity index (χ3n) is 5.01. The minimum Gasteiger partial charge on any atom is -0.372 e. The lowest BCUT2D eigenvalue weighted by Crippen LogP contribution is -2.40. The van der Waals surface area contributed by atoms with Crippen LogP contribution < -0.4 is 14.5 Å². The van der Waals surface area contributed by atoms with Gasteiger partial charge in [-0.1, -0.05) is 12.1 Å². The summed E-state index contributed by atoms with van der Waals surface area (Å²) in [5.74, 6) is -2.48. The van der Waals surface area contributed by atoms with E-state index in [-0.39, 0.29) is 12.2 Å². The number of amides is 1. The standard InChI is InChI=1S/C21H25F2N3O3S/c1-30(28,29)26(20-10-7-17(22)13-19(20)23)15-21(27)24-14-16-5-8-18(9-6-16)25-11-3-2-4-12-25/h5-10,13H,2-4,11-12,14-15H2,1H3,(H,24,27). The number of carbonyl (C=O) groups excluding carboxylic acids is 1. The lowest BCUT2D eigenvalue weighted by atomic mass is 10.1. The van der Waals surface area contributed by atoms with Crippen molar-refractivity contribution in [3.63, 3.8) is 0 Å². The molecule has 1 fully saturated rings. The number of piperidine rings is 1. The number of benzene rings is 2. The average Bonchev–Trinajstić information content (AvgIpc) is 2.71. The molecule has 0 saturated carbocycles. The van der Waals surface area contributed by atoms with E-state index in [0.717, 1.165) is 42.7 Å². The fourth-order valence-corrected chi connectivity index (χ4v) is 4.29. The molecule has 30 heavy (non-hydrogen) atoms. The molecule has 2 aromatic carbocycles. The molecule has 0 radical (unpaired) electrons. The largest absolute Gasteiger partial charge is 0.372 e. The van der Waals surface area contributed by atoms with E-state index in [1.165, 1.54) is 19.3 Å². The second-order valence-electron chi connectivity index (χ2n) is 7.36. The molecule has 1 N–H and O–H groups in total. The maximum Gasteiger partial charge on any atom is 0.241 e. The lowest BCUT2D eigenvalue weighted by Gasteiger charge is -2.28. The van der Waals surface area contributed by atoms with Gasteiger partial charge in [-0.3, -0.25) is 9.10 Å². The number of anilines is 2. The van der Waals surface area contributed by atoms with Crippen molar-refractivity contribution in [2.24, 2.45) is 0 Å². The summed E-state index contributed by atoms with van der Waals surface area (Å²) in [6, 6.07) is 10.4. The molecule has 1 aliphatic heterocycles. The second-order valence-corrected chi connectivity index (χ2v) is 9.26. The number of halogens is 2. The number of sulfonamides is 1. The van der Waals surface area contributed by atoms with E-state index in [4.69, 9.17) is 0 Å². The van der Waals surface area contributed by atoms with Crippen LogP contribution in [-0.4, -0.2) is 40.2 Å². The Kier molecular flexibility index (Phi) is 6.91. The molecule has 1 aliphatic rings. The summed E-state index contributed by atoms with van der Waals surface area (Å²) >= 11 is 0. The summed E-state index contributed by atoms with van der Waals surface area (Å²) in [6.45, 7) is 1.69. The Morgan fingerprint density at radius 1 is 1.07 bits per heavy atom. The topological polar surface area (TPSA) is 69.7 Å². The van der Waals surface area contributed by atoms with E-state index < -0.39 is 34.1 Å². The van der Waals surface area contributed by atoms with Crippen molar-refractivity contribution in [2.45, 2.75) is 25.8 Å². The summed E-state index contributed by atoms with van der Waals surface area (Å²) in [6.07, 6.45) is 4.49. The van der Waals surface area contributed by atoms with E-state index in [0.29, 0.717) is 10.4 Å². The fourth-order valence-electron chi connectivity index (χ4n) is 3.43. The van der Waals surface area contributed by atoms with Crippen LogP contribution in [0.4, 0.5) is 20.2 Å². The van der Waals surface area contributed by atoms with Gasteiger partial charge >= 0.3 is 0 Å². The van der Waals surface area contributed by atoms with Crippen LogP contribution in [0, 0.1) is 11.6 Å². The van der Waals surface area contributed by atoms with Crippen molar-refractivity contribution < 1.29 is 22.0 Å². The Hall–Kier alpha value is -2.68. The molecule has 0 bridgehead atoms. The van der Waals surface area contributed by atoms with Crippen LogP contribution in [0.15, 0.2) is 42.5 Å². The minimum absolute atomic E-state index is 0.211. The Bertz CT molecular complexity index is 991. The maximum absolute atomic E-state index is 14.0. The second kappa shape index (κ2) is 9.42. The first-order valence-corrected chi connectivity index (χ1v) is 11.6. The van der Waals surface area contributed by atoms with Crippen LogP contribution in [0.25, 0.3) is 0 Å². The Labute approximate surface area is 175 Å². The van der Waals surface area contributed by atoms with Crippen LogP contribution in [-0.2, 0) is 21.4 Å². The van der Waals surface area contributed by atoms with Gasteiger partial charge in [-0.2, -0.15) is 0 Å². The van der Waals surface area contributed by atoms with E-state index in [1.54, 1.807) is 0 Å². The van der Waals surface area contributed by atoms with Gasteiger partial charge in [0.05, 0.1) is 11.9 Å². The van der Waals surface area contributed by atoms with Gasteiger partial charge in [0.2, 0.25) is 15.9 Å². The highest BCUT2D eigenvalue weighted by Gasteiger charge is 2.24. The van der Waals surface area contributed by atoms with Crippen molar-refractivity contribution in [3.8, 4) is 0 Å². The minimum atomic E-state index is -3.94. The Balaban J connectivity index is 1.62. The highest BCUT2D eigenvalue weighted by atomic mass is 32.2. The van der Waals surface area contributed by atoms with Gasteiger partial charge in [0.25, 0.3) is 0 Å². The summed E-state index contributed by atoms with van der Waals surface area (Å²) < 4.78 is 51.9. The number of nitrogens with zero attached hydrogens (tertiary/aromatic N) is 2. The number of nitrogens with one attached hydrogen (secondary N) is 1. The lowest BCUT2D eigenvalue weighted by molar-refractivity contribution is -0.119. The zero-order valence-corrected chi connectivity index (χ0v) is 17.6. The van der Waals surface area contributed by atoms with Crippen LogP contribution in [0.3, 0.4) is 0 Å². The third kappa shape index (κ3) is 5.69. The molecule has 6 nitrogen and oxygen atoms in total. The zero-order valence-electron chi connectivity index (χ0n) is 16.8. The number of hydrogen-bond acceptors (Lipinski definition) is 4. The van der Waals surface area contributed by atoms with Crippen molar-refractivity contribution in [1.82, 2.24) is 5.32 Å². The monoisotopic (exact) mass is 437 g/mol. The van der Waals surface area contributed by atoms with E-state index in [9.17, 15) is 22.0 Å². The van der Waals surface area contributed by atoms with E-state index in [2.05, 4.69) is 10.2 Å². The SMILES string of the molecule is CS(=O)(=O)N(CC(=O)NCc1ccc(N2CCCCC2)cc1)c1ccc(F)cc1F. The van der Waals surface area contributed by atoms with Crippen molar-refractivity contribution >= 4 is 27.3 Å². The first kappa shape index (κ1) is 22.0. The molecule has 1 saturated heterocycles. The van der Waals surface area contributed by atoms with Crippen LogP contribution in [0.2, 0.25) is 0 Å². The molecule has 0 aliphatic carbocycles. The zero-order chi connectivity index (χ0) is 21.7. The highest BCUT2D eigenvalue weighted by molar-refractivity contribution is 7.92. The van der Waals surface area contributed by atoms with Gasteiger partial charge in [0.1, 0.15) is 18.2 Å². The quantitative estimate of drug-likeness (QED) is 0.723. The molecule has 9 heteroatoms. The molecule has 1 amide bonds.